The largest absolute Gasteiger partial charge is 0.0995 e. The van der Waals surface area contributed by atoms with Crippen LogP contribution >= 0.6 is 0 Å². The molecule has 0 radical (unpaired) electrons. The Morgan fingerprint density at radius 1 is 0.196 bits per heavy atom. The molecule has 0 aliphatic heterocycles. The predicted molar refractivity (Wildman–Crippen MR) is 244 cm³/mol. The van der Waals surface area contributed by atoms with Crippen molar-refractivity contribution in [3.8, 4) is 11.1 Å². The van der Waals surface area contributed by atoms with Crippen LogP contribution < -0.4 is 10.4 Å². The van der Waals surface area contributed by atoms with Gasteiger partial charge in [-0.15, -0.1) is 0 Å². The highest BCUT2D eigenvalue weighted by Crippen LogP contribution is 2.28. The number of hydrogen-bond acceptors (Lipinski definition) is 0. The van der Waals surface area contributed by atoms with Gasteiger partial charge < -0.3 is 0 Å². The van der Waals surface area contributed by atoms with Crippen molar-refractivity contribution in [1.29, 1.82) is 0 Å². The zero-order chi connectivity index (χ0) is 37.9. The van der Waals surface area contributed by atoms with Gasteiger partial charge in [-0.3, -0.25) is 0 Å². The molecule has 0 fully saturated rings. The molecule has 0 N–H and O–H groups in total. The second-order valence-corrected chi connectivity index (χ2v) is 24.1. The summed E-state index contributed by atoms with van der Waals surface area (Å²) in [4.78, 5) is 0. The van der Waals surface area contributed by atoms with Crippen molar-refractivity contribution in [2.75, 3.05) is 0 Å². The van der Waals surface area contributed by atoms with Gasteiger partial charge in [-0.2, -0.15) is 0 Å². The monoisotopic (exact) mass is 754 g/mol. The Morgan fingerprint density at radius 2 is 0.375 bits per heavy atom. The van der Waals surface area contributed by atoms with Crippen molar-refractivity contribution in [3.05, 3.63) is 264 Å². The van der Waals surface area contributed by atoms with Gasteiger partial charge in [0.1, 0.15) is 0 Å². The molecule has 56 heavy (non-hydrogen) atoms. The van der Waals surface area contributed by atoms with Crippen molar-refractivity contribution in [2.45, 2.75) is 36.3 Å². The van der Waals surface area contributed by atoms with Gasteiger partial charge >= 0.3 is 0 Å². The molecule has 0 aliphatic carbocycles. The Hall–Kier alpha value is -5.81. The summed E-state index contributed by atoms with van der Waals surface area (Å²) in [7, 11) is -4.32. The van der Waals surface area contributed by atoms with Crippen molar-refractivity contribution >= 4 is 26.5 Å². The third-order valence-corrected chi connectivity index (χ3v) is 21.3. The first kappa shape index (κ1) is 37.1. The van der Waals surface area contributed by atoms with Crippen molar-refractivity contribution in [2.24, 2.45) is 0 Å². The lowest BCUT2D eigenvalue weighted by Gasteiger charge is -2.34. The summed E-state index contributed by atoms with van der Waals surface area (Å²) in [5.41, 5.74) is 11.1. The van der Waals surface area contributed by atoms with E-state index in [0.717, 1.165) is 36.3 Å². The van der Waals surface area contributed by atoms with Gasteiger partial charge in [0.2, 0.25) is 0 Å². The smallest absolute Gasteiger partial charge is 0.0623 e. The summed E-state index contributed by atoms with van der Waals surface area (Å²) in [6.45, 7) is 0. The Bertz CT molecular complexity index is 1980. The molecule has 0 aromatic heterocycles. The molecule has 0 atom stereocenters. The summed E-state index contributed by atoms with van der Waals surface area (Å²) in [5, 5.41) is 3.05. The van der Waals surface area contributed by atoms with E-state index in [0.29, 0.717) is 0 Å². The minimum absolute atomic E-state index is 1.10. The molecule has 0 saturated carbocycles. The molecular formula is C54H50Si2. The lowest BCUT2D eigenvalue weighted by atomic mass is 10.1. The Morgan fingerprint density at radius 3 is 0.554 bits per heavy atom. The van der Waals surface area contributed by atoms with Crippen LogP contribution in [-0.2, 0) is 36.3 Å². The SMILES string of the molecule is c1ccc(C[Si](Cc2ccccc2)(Cc2ccccc2)c2ccc(-c3ccc([Si](Cc4ccccc4)(Cc4ccccc4)Cc4ccccc4)cc3)cc2)cc1. The molecule has 8 aromatic rings. The van der Waals surface area contributed by atoms with E-state index in [-0.39, 0.29) is 0 Å². The van der Waals surface area contributed by atoms with E-state index in [1.165, 1.54) is 54.9 Å². The standard InChI is InChI=1S/C54H50Si2/c1-7-19-45(20-8-1)39-55(40-46-21-9-2-10-22-46,41-47-23-11-3-12-24-47)53-35-31-51(32-36-53)52-33-37-54(38-34-52)56(42-48-25-13-4-14-26-48,43-49-27-15-5-16-28-49)44-50-29-17-6-18-30-50/h1-38H,39-44H2. The quantitative estimate of drug-likeness (QED) is 0.0915. The first-order chi connectivity index (χ1) is 27.6. The molecule has 8 aromatic carbocycles. The molecule has 0 aliphatic rings. The molecular weight excluding hydrogens is 705 g/mol. The van der Waals surface area contributed by atoms with Gasteiger partial charge in [-0.1, -0.05) is 274 Å². The van der Waals surface area contributed by atoms with Crippen LogP contribution in [0.15, 0.2) is 231 Å². The fraction of sp³-hybridized carbons (Fsp3) is 0.111. The van der Waals surface area contributed by atoms with E-state index >= 15 is 0 Å². The van der Waals surface area contributed by atoms with Gasteiger partial charge in [-0.05, 0) is 47.4 Å². The van der Waals surface area contributed by atoms with E-state index in [4.69, 9.17) is 0 Å². The summed E-state index contributed by atoms with van der Waals surface area (Å²) in [5.74, 6) is 0. The van der Waals surface area contributed by atoms with E-state index in [9.17, 15) is 0 Å². The van der Waals surface area contributed by atoms with Crippen molar-refractivity contribution in [1.82, 2.24) is 0 Å². The Balaban J connectivity index is 1.17. The summed E-state index contributed by atoms with van der Waals surface area (Å²) in [6.07, 6.45) is 0. The fourth-order valence-corrected chi connectivity index (χ4v) is 18.8. The maximum Gasteiger partial charge on any atom is 0.0995 e. The first-order valence-corrected chi connectivity index (χ1v) is 25.3. The van der Waals surface area contributed by atoms with Crippen LogP contribution in [0.4, 0.5) is 0 Å². The van der Waals surface area contributed by atoms with Crippen LogP contribution in [0.1, 0.15) is 33.4 Å². The molecule has 0 bridgehead atoms. The molecule has 0 spiro atoms. The van der Waals surface area contributed by atoms with Gasteiger partial charge in [0.25, 0.3) is 0 Å². The molecule has 0 unspecified atom stereocenters. The molecule has 0 heterocycles. The van der Waals surface area contributed by atoms with E-state index in [1.54, 1.807) is 0 Å². The maximum absolute atomic E-state index is 2.48. The topological polar surface area (TPSA) is 0 Å². The average molecular weight is 755 g/mol. The fourth-order valence-electron chi connectivity index (χ4n) is 8.94. The highest BCUT2D eigenvalue weighted by molar-refractivity contribution is 6.91. The number of rotatable bonds is 15. The third-order valence-electron chi connectivity index (χ3n) is 11.6. The van der Waals surface area contributed by atoms with Gasteiger partial charge in [0.15, 0.2) is 0 Å². The zero-order valence-electron chi connectivity index (χ0n) is 32.2. The average Bonchev–Trinajstić information content (AvgIpc) is 3.26. The summed E-state index contributed by atoms with van der Waals surface area (Å²) < 4.78 is 0. The summed E-state index contributed by atoms with van der Waals surface area (Å²) >= 11 is 0. The number of hydrogen-bond donors (Lipinski definition) is 0. The van der Waals surface area contributed by atoms with Crippen LogP contribution in [0.5, 0.6) is 0 Å². The van der Waals surface area contributed by atoms with Gasteiger partial charge in [0, 0.05) is 0 Å². The van der Waals surface area contributed by atoms with Crippen LogP contribution in [0, 0.1) is 0 Å². The Kier molecular flexibility index (Phi) is 11.8. The second-order valence-electron chi connectivity index (χ2n) is 15.7. The van der Waals surface area contributed by atoms with E-state index < -0.39 is 16.1 Å². The van der Waals surface area contributed by atoms with Gasteiger partial charge in [-0.25, -0.2) is 0 Å². The highest BCUT2D eigenvalue weighted by atomic mass is 28.3. The molecule has 0 saturated heterocycles. The normalized spacial score (nSPS) is 11.6. The first-order valence-electron chi connectivity index (χ1n) is 20.1. The lowest BCUT2D eigenvalue weighted by Crippen LogP contribution is -2.55. The molecule has 274 valence electrons. The molecule has 0 amide bonds. The number of benzene rings is 8. The maximum atomic E-state index is 2.48. The third kappa shape index (κ3) is 9.17. The van der Waals surface area contributed by atoms with Crippen molar-refractivity contribution in [3.63, 3.8) is 0 Å². The molecule has 8 rings (SSSR count). The van der Waals surface area contributed by atoms with E-state index in [2.05, 4.69) is 231 Å². The van der Waals surface area contributed by atoms with Crippen LogP contribution in [0.25, 0.3) is 11.1 Å². The molecule has 0 nitrogen and oxygen atoms in total. The van der Waals surface area contributed by atoms with Crippen molar-refractivity contribution < 1.29 is 0 Å². The second kappa shape index (κ2) is 17.8. The van der Waals surface area contributed by atoms with Gasteiger partial charge in [0.05, 0.1) is 16.1 Å². The van der Waals surface area contributed by atoms with Crippen LogP contribution in [0.2, 0.25) is 0 Å². The van der Waals surface area contributed by atoms with Crippen LogP contribution in [0.3, 0.4) is 0 Å². The van der Waals surface area contributed by atoms with E-state index in [1.807, 2.05) is 0 Å². The minimum atomic E-state index is -2.16. The Labute approximate surface area is 336 Å². The zero-order valence-corrected chi connectivity index (χ0v) is 34.2. The minimum Gasteiger partial charge on any atom is -0.0623 e. The predicted octanol–water partition coefficient (Wildman–Crippen LogP) is 11.4. The lowest BCUT2D eigenvalue weighted by molar-refractivity contribution is 1.15. The molecule has 2 heteroatoms. The summed E-state index contributed by atoms with van der Waals surface area (Å²) in [6, 6.07) is 93.2. The van der Waals surface area contributed by atoms with Crippen LogP contribution in [-0.4, -0.2) is 16.1 Å². The highest BCUT2D eigenvalue weighted by Gasteiger charge is 2.37.